The van der Waals surface area contributed by atoms with Crippen molar-refractivity contribution in [1.29, 1.82) is 0 Å². The van der Waals surface area contributed by atoms with Crippen LogP contribution in [0.5, 0.6) is 5.75 Å². The Bertz CT molecular complexity index is 833. The third-order valence-electron chi connectivity index (χ3n) is 3.99. The number of amides is 2. The number of esters is 1. The largest absolute Gasteiger partial charge is 0.497 e. The van der Waals surface area contributed by atoms with Crippen LogP contribution in [0.4, 0.5) is 0 Å². The molecule has 0 saturated heterocycles. The molecule has 0 aliphatic rings. The lowest BCUT2D eigenvalue weighted by Crippen LogP contribution is -2.38. The SMILES string of the molecule is COc1cccc(C(=O)NCC(=O)OC(C)C(=O)NCc2ccc(C)cc2)c1. The molecule has 148 valence electrons. The third-order valence-corrected chi connectivity index (χ3v) is 3.99. The Morgan fingerprint density at radius 3 is 2.43 bits per heavy atom. The Morgan fingerprint density at radius 2 is 1.75 bits per heavy atom. The minimum absolute atomic E-state index is 0.341. The van der Waals surface area contributed by atoms with E-state index in [4.69, 9.17) is 9.47 Å². The third kappa shape index (κ3) is 6.42. The fourth-order valence-corrected chi connectivity index (χ4v) is 2.35. The molecule has 0 spiro atoms. The average Bonchev–Trinajstić information content (AvgIpc) is 2.71. The van der Waals surface area contributed by atoms with Gasteiger partial charge in [-0.2, -0.15) is 0 Å². The molecule has 1 atom stereocenters. The topological polar surface area (TPSA) is 93.7 Å². The van der Waals surface area contributed by atoms with E-state index in [1.165, 1.54) is 14.0 Å². The normalized spacial score (nSPS) is 11.2. The van der Waals surface area contributed by atoms with Crippen LogP contribution in [0, 0.1) is 6.92 Å². The van der Waals surface area contributed by atoms with Crippen LogP contribution in [0.25, 0.3) is 0 Å². The zero-order valence-electron chi connectivity index (χ0n) is 16.2. The molecule has 1 unspecified atom stereocenters. The van der Waals surface area contributed by atoms with Gasteiger partial charge in [0.05, 0.1) is 7.11 Å². The fourth-order valence-electron chi connectivity index (χ4n) is 2.35. The first-order valence-electron chi connectivity index (χ1n) is 8.84. The smallest absolute Gasteiger partial charge is 0.326 e. The summed E-state index contributed by atoms with van der Waals surface area (Å²) < 4.78 is 10.1. The van der Waals surface area contributed by atoms with E-state index >= 15 is 0 Å². The number of methoxy groups -OCH3 is 1. The van der Waals surface area contributed by atoms with Crippen LogP contribution in [-0.4, -0.2) is 37.5 Å². The van der Waals surface area contributed by atoms with Gasteiger partial charge in [-0.25, -0.2) is 0 Å². The van der Waals surface area contributed by atoms with E-state index in [0.29, 0.717) is 17.9 Å². The number of hydrogen-bond acceptors (Lipinski definition) is 5. The van der Waals surface area contributed by atoms with Crippen LogP contribution >= 0.6 is 0 Å². The van der Waals surface area contributed by atoms with Gasteiger partial charge in [0.15, 0.2) is 6.10 Å². The number of aryl methyl sites for hydroxylation is 1. The maximum atomic E-state index is 12.1. The van der Waals surface area contributed by atoms with E-state index in [1.807, 2.05) is 31.2 Å². The van der Waals surface area contributed by atoms with Crippen molar-refractivity contribution in [3.63, 3.8) is 0 Å². The van der Waals surface area contributed by atoms with Gasteiger partial charge in [0, 0.05) is 12.1 Å². The molecule has 2 amide bonds. The number of carbonyl (C=O) groups excluding carboxylic acids is 3. The van der Waals surface area contributed by atoms with Crippen molar-refractivity contribution in [2.24, 2.45) is 0 Å². The van der Waals surface area contributed by atoms with Crippen LogP contribution in [0.15, 0.2) is 48.5 Å². The minimum atomic E-state index is -0.966. The average molecular weight is 384 g/mol. The minimum Gasteiger partial charge on any atom is -0.497 e. The highest BCUT2D eigenvalue weighted by Crippen LogP contribution is 2.12. The zero-order chi connectivity index (χ0) is 20.5. The quantitative estimate of drug-likeness (QED) is 0.679. The van der Waals surface area contributed by atoms with Crippen molar-refractivity contribution >= 4 is 17.8 Å². The molecule has 28 heavy (non-hydrogen) atoms. The van der Waals surface area contributed by atoms with Gasteiger partial charge in [-0.3, -0.25) is 14.4 Å². The summed E-state index contributed by atoms with van der Waals surface area (Å²) in [5, 5.41) is 5.17. The maximum Gasteiger partial charge on any atom is 0.326 e. The molecule has 2 rings (SSSR count). The van der Waals surface area contributed by atoms with E-state index in [9.17, 15) is 14.4 Å². The highest BCUT2D eigenvalue weighted by atomic mass is 16.5. The summed E-state index contributed by atoms with van der Waals surface area (Å²) in [5.41, 5.74) is 2.44. The number of ether oxygens (including phenoxy) is 2. The Hall–Kier alpha value is -3.35. The lowest BCUT2D eigenvalue weighted by atomic mass is 10.1. The summed E-state index contributed by atoms with van der Waals surface area (Å²) in [6, 6.07) is 14.3. The molecule has 0 aliphatic heterocycles. The predicted molar refractivity (Wildman–Crippen MR) is 104 cm³/mol. The van der Waals surface area contributed by atoms with Crippen molar-refractivity contribution in [3.05, 3.63) is 65.2 Å². The van der Waals surface area contributed by atoms with Gasteiger partial charge >= 0.3 is 5.97 Å². The summed E-state index contributed by atoms with van der Waals surface area (Å²) in [5.74, 6) is -1.01. The van der Waals surface area contributed by atoms with Gasteiger partial charge in [0.2, 0.25) is 0 Å². The molecule has 7 heteroatoms. The van der Waals surface area contributed by atoms with Crippen LogP contribution in [0.1, 0.15) is 28.4 Å². The Kier molecular flexibility index (Phi) is 7.56. The number of hydrogen-bond donors (Lipinski definition) is 2. The molecule has 2 aromatic carbocycles. The second-order valence-corrected chi connectivity index (χ2v) is 6.25. The second kappa shape index (κ2) is 10.1. The van der Waals surface area contributed by atoms with Gasteiger partial charge in [-0.15, -0.1) is 0 Å². The highest BCUT2D eigenvalue weighted by molar-refractivity contribution is 5.96. The Morgan fingerprint density at radius 1 is 1.04 bits per heavy atom. The monoisotopic (exact) mass is 384 g/mol. The van der Waals surface area contributed by atoms with E-state index in [-0.39, 0.29) is 6.54 Å². The number of carbonyl (C=O) groups is 3. The summed E-state index contributed by atoms with van der Waals surface area (Å²) in [4.78, 5) is 36.0. The molecular weight excluding hydrogens is 360 g/mol. The fraction of sp³-hybridized carbons (Fsp3) is 0.286. The van der Waals surface area contributed by atoms with Crippen LogP contribution < -0.4 is 15.4 Å². The zero-order valence-corrected chi connectivity index (χ0v) is 16.2. The second-order valence-electron chi connectivity index (χ2n) is 6.25. The molecule has 0 radical (unpaired) electrons. The van der Waals surface area contributed by atoms with E-state index in [1.54, 1.807) is 24.3 Å². The van der Waals surface area contributed by atoms with Crippen LogP contribution in [0.3, 0.4) is 0 Å². The van der Waals surface area contributed by atoms with Crippen molar-refractivity contribution in [3.8, 4) is 5.75 Å². The first kappa shape index (κ1) is 21.0. The number of rotatable bonds is 8. The molecule has 0 fully saturated rings. The predicted octanol–water partition coefficient (Wildman–Crippen LogP) is 1.98. The molecule has 0 aliphatic carbocycles. The van der Waals surface area contributed by atoms with Gasteiger partial charge in [-0.1, -0.05) is 35.9 Å². The number of benzene rings is 2. The standard InChI is InChI=1S/C21H24N2O5/c1-14-7-9-16(10-8-14)12-22-20(25)15(2)28-19(24)13-23-21(26)17-5-4-6-18(11-17)27-3/h4-11,15H,12-13H2,1-3H3,(H,22,25)(H,23,26). The van der Waals surface area contributed by atoms with Crippen molar-refractivity contribution in [2.45, 2.75) is 26.5 Å². The Balaban J connectivity index is 1.75. The highest BCUT2D eigenvalue weighted by Gasteiger charge is 2.18. The molecule has 0 saturated carbocycles. The molecule has 0 bridgehead atoms. The van der Waals surface area contributed by atoms with Crippen LogP contribution in [0.2, 0.25) is 0 Å². The van der Waals surface area contributed by atoms with Crippen molar-refractivity contribution in [2.75, 3.05) is 13.7 Å². The van der Waals surface area contributed by atoms with Gasteiger partial charge in [0.25, 0.3) is 11.8 Å². The summed E-state index contributed by atoms with van der Waals surface area (Å²) >= 11 is 0. The van der Waals surface area contributed by atoms with E-state index in [0.717, 1.165) is 11.1 Å². The van der Waals surface area contributed by atoms with Gasteiger partial charge in [0.1, 0.15) is 12.3 Å². The van der Waals surface area contributed by atoms with Crippen molar-refractivity contribution < 1.29 is 23.9 Å². The molecule has 0 heterocycles. The van der Waals surface area contributed by atoms with Crippen molar-refractivity contribution in [1.82, 2.24) is 10.6 Å². The number of nitrogens with one attached hydrogen (secondary N) is 2. The van der Waals surface area contributed by atoms with Gasteiger partial charge in [-0.05, 0) is 37.6 Å². The van der Waals surface area contributed by atoms with Crippen LogP contribution in [-0.2, 0) is 20.9 Å². The summed E-state index contributed by atoms with van der Waals surface area (Å²) in [6.07, 6.45) is -0.966. The molecular formula is C21H24N2O5. The Labute approximate surface area is 164 Å². The molecule has 2 aromatic rings. The lowest BCUT2D eigenvalue weighted by molar-refractivity contribution is -0.153. The first-order chi connectivity index (χ1) is 13.4. The van der Waals surface area contributed by atoms with E-state index in [2.05, 4.69) is 10.6 Å². The molecule has 7 nitrogen and oxygen atoms in total. The maximum absolute atomic E-state index is 12.1. The lowest BCUT2D eigenvalue weighted by Gasteiger charge is -2.14. The molecule has 2 N–H and O–H groups in total. The first-order valence-corrected chi connectivity index (χ1v) is 8.84. The van der Waals surface area contributed by atoms with E-state index < -0.39 is 23.9 Å². The van der Waals surface area contributed by atoms with Gasteiger partial charge < -0.3 is 20.1 Å². The molecule has 0 aromatic heterocycles. The summed E-state index contributed by atoms with van der Waals surface area (Å²) in [6.45, 7) is 3.46. The summed E-state index contributed by atoms with van der Waals surface area (Å²) in [7, 11) is 1.50.